The Bertz CT molecular complexity index is 1060. The lowest BCUT2D eigenvalue weighted by Gasteiger charge is -2.43. The molecule has 1 aromatic rings. The number of aliphatic hydroxyl groups excluding tert-OH is 4. The van der Waals surface area contributed by atoms with Gasteiger partial charge >= 0.3 is 17.9 Å². The van der Waals surface area contributed by atoms with Crippen LogP contribution in [0.15, 0.2) is 42.2 Å². The monoisotopic (exact) mass is 538 g/mol. The van der Waals surface area contributed by atoms with E-state index in [4.69, 9.17) is 23.7 Å². The van der Waals surface area contributed by atoms with E-state index in [1.165, 1.54) is 12.1 Å². The van der Waals surface area contributed by atoms with Crippen molar-refractivity contribution in [2.24, 2.45) is 17.8 Å². The lowest BCUT2D eigenvalue weighted by molar-refractivity contribution is -0.343. The molecule has 3 aliphatic rings. The summed E-state index contributed by atoms with van der Waals surface area (Å²) in [7, 11) is 0. The highest BCUT2D eigenvalue weighted by Crippen LogP contribution is 2.50. The molecule has 13 heteroatoms. The van der Waals surface area contributed by atoms with Crippen molar-refractivity contribution in [1.29, 1.82) is 0 Å². The second-order valence-corrected chi connectivity index (χ2v) is 9.49. The number of ether oxygens (including phenoxy) is 5. The van der Waals surface area contributed by atoms with Crippen LogP contribution in [0.1, 0.15) is 24.2 Å². The first-order valence-corrected chi connectivity index (χ1v) is 12.0. The lowest BCUT2D eigenvalue weighted by Crippen LogP contribution is -2.60. The van der Waals surface area contributed by atoms with Gasteiger partial charge in [0.2, 0.25) is 6.29 Å². The summed E-state index contributed by atoms with van der Waals surface area (Å²) in [6.07, 6.45) is -10.6. The molecule has 1 saturated heterocycles. The van der Waals surface area contributed by atoms with E-state index in [1.807, 2.05) is 0 Å². The smallest absolute Gasteiger partial charge is 0.338 e. The first-order valence-electron chi connectivity index (χ1n) is 12.0. The third kappa shape index (κ3) is 5.25. The van der Waals surface area contributed by atoms with Crippen molar-refractivity contribution in [1.82, 2.24) is 0 Å². The van der Waals surface area contributed by atoms with Gasteiger partial charge in [0.25, 0.3) is 0 Å². The van der Waals surface area contributed by atoms with Gasteiger partial charge in [-0.3, -0.25) is 4.79 Å². The number of carboxylic acids is 1. The maximum Gasteiger partial charge on any atom is 0.338 e. The molecule has 5 N–H and O–H groups in total. The number of carbonyl (C=O) groups excluding carboxylic acids is 2. The lowest BCUT2D eigenvalue weighted by atomic mass is 9.82. The predicted molar refractivity (Wildman–Crippen MR) is 123 cm³/mol. The summed E-state index contributed by atoms with van der Waals surface area (Å²) in [6.45, 7) is 2.12. The highest BCUT2D eigenvalue weighted by molar-refractivity contribution is 5.90. The zero-order valence-corrected chi connectivity index (χ0v) is 20.5. The minimum atomic E-state index is -1.74. The number of benzene rings is 1. The molecule has 0 aromatic heterocycles. The second-order valence-electron chi connectivity index (χ2n) is 9.49. The normalized spacial score (nSPS) is 38.4. The van der Waals surface area contributed by atoms with Gasteiger partial charge in [0, 0.05) is 24.7 Å². The summed E-state index contributed by atoms with van der Waals surface area (Å²) in [6, 6.07) is 7.99. The van der Waals surface area contributed by atoms with E-state index in [9.17, 15) is 39.9 Å². The number of aliphatic carboxylic acids is 1. The van der Waals surface area contributed by atoms with E-state index in [2.05, 4.69) is 0 Å². The fourth-order valence-electron chi connectivity index (χ4n) is 5.28. The highest BCUT2D eigenvalue weighted by Gasteiger charge is 2.61. The van der Waals surface area contributed by atoms with Crippen molar-refractivity contribution < 1.29 is 63.6 Å². The number of carbonyl (C=O) groups is 3. The summed E-state index contributed by atoms with van der Waals surface area (Å²) in [4.78, 5) is 37.1. The van der Waals surface area contributed by atoms with Crippen molar-refractivity contribution in [2.45, 2.75) is 63.1 Å². The molecule has 2 aliphatic heterocycles. The van der Waals surface area contributed by atoms with Gasteiger partial charge < -0.3 is 49.2 Å². The van der Waals surface area contributed by atoms with Crippen LogP contribution >= 0.6 is 0 Å². The Balaban J connectivity index is 1.67. The third-order valence-electron chi connectivity index (χ3n) is 7.14. The highest BCUT2D eigenvalue weighted by atomic mass is 16.8. The number of hydrogen-bond acceptors (Lipinski definition) is 12. The van der Waals surface area contributed by atoms with Gasteiger partial charge in [0.15, 0.2) is 6.29 Å². The molecule has 0 spiro atoms. The SMILES string of the molecule is CC(=O)O[C@@H]1[C@H](C)[C@@H]2[C@@H](O[C@H]3O[C@@H](CO)[C@@H](O)[C@@H](O)[C@H]3O)OC=C(C(=O)O)[C@@H]2[C@@H]1OC(=O)c1ccccc1. The van der Waals surface area contributed by atoms with Gasteiger partial charge in [-0.05, 0) is 12.1 Å². The molecule has 1 saturated carbocycles. The molecule has 4 rings (SSSR count). The minimum absolute atomic E-state index is 0.201. The molecule has 0 bridgehead atoms. The fourth-order valence-corrected chi connectivity index (χ4v) is 5.28. The summed E-state index contributed by atoms with van der Waals surface area (Å²) < 4.78 is 28.0. The van der Waals surface area contributed by atoms with Crippen LogP contribution in [0.25, 0.3) is 0 Å². The molecule has 1 aliphatic carbocycles. The molecule has 13 nitrogen and oxygen atoms in total. The van der Waals surface area contributed by atoms with Gasteiger partial charge in [-0.1, -0.05) is 25.1 Å². The average molecular weight is 539 g/mol. The molecular weight excluding hydrogens is 508 g/mol. The zero-order chi connectivity index (χ0) is 27.7. The first-order chi connectivity index (χ1) is 18.0. The van der Waals surface area contributed by atoms with Gasteiger partial charge in [-0.15, -0.1) is 0 Å². The van der Waals surface area contributed by atoms with E-state index >= 15 is 0 Å². The van der Waals surface area contributed by atoms with Crippen molar-refractivity contribution in [3.63, 3.8) is 0 Å². The van der Waals surface area contributed by atoms with Crippen molar-refractivity contribution >= 4 is 17.9 Å². The number of hydrogen-bond donors (Lipinski definition) is 5. The van der Waals surface area contributed by atoms with Crippen LogP contribution in [0.2, 0.25) is 0 Å². The van der Waals surface area contributed by atoms with Crippen molar-refractivity contribution in [3.8, 4) is 0 Å². The number of esters is 2. The van der Waals surface area contributed by atoms with Gasteiger partial charge in [0.1, 0.15) is 36.6 Å². The van der Waals surface area contributed by atoms with Gasteiger partial charge in [-0.25, -0.2) is 9.59 Å². The van der Waals surface area contributed by atoms with E-state index < -0.39 is 91.5 Å². The molecule has 2 heterocycles. The summed E-state index contributed by atoms with van der Waals surface area (Å²) in [5, 5.41) is 50.0. The number of carboxylic acid groups (broad SMARTS) is 1. The van der Waals surface area contributed by atoms with E-state index in [0.29, 0.717) is 0 Å². The van der Waals surface area contributed by atoms with E-state index in [-0.39, 0.29) is 11.1 Å². The Hall–Kier alpha value is -3.07. The molecule has 0 radical (unpaired) electrons. The molecule has 2 fully saturated rings. The molecule has 208 valence electrons. The fraction of sp³-hybridized carbons (Fsp3) is 0.560. The Morgan fingerprint density at radius 2 is 1.63 bits per heavy atom. The summed E-state index contributed by atoms with van der Waals surface area (Å²) in [5.74, 6) is -5.45. The summed E-state index contributed by atoms with van der Waals surface area (Å²) in [5.41, 5.74) is -0.0526. The molecule has 38 heavy (non-hydrogen) atoms. The van der Waals surface area contributed by atoms with E-state index in [0.717, 1.165) is 13.2 Å². The maximum absolute atomic E-state index is 12.9. The zero-order valence-electron chi connectivity index (χ0n) is 20.5. The summed E-state index contributed by atoms with van der Waals surface area (Å²) >= 11 is 0. The molecule has 0 unspecified atom stereocenters. The molecule has 0 amide bonds. The average Bonchev–Trinajstić information content (AvgIpc) is 3.15. The van der Waals surface area contributed by atoms with Crippen molar-refractivity contribution in [3.05, 3.63) is 47.7 Å². The maximum atomic E-state index is 12.9. The quantitative estimate of drug-likeness (QED) is 0.270. The van der Waals surface area contributed by atoms with Gasteiger partial charge in [0.05, 0.1) is 24.0 Å². The van der Waals surface area contributed by atoms with Crippen LogP contribution in [0.3, 0.4) is 0 Å². The Labute approximate surface area is 217 Å². The topological polar surface area (TPSA) is 199 Å². The third-order valence-corrected chi connectivity index (χ3v) is 7.14. The Morgan fingerprint density at radius 3 is 2.24 bits per heavy atom. The number of rotatable bonds is 7. The molecule has 1 aromatic carbocycles. The largest absolute Gasteiger partial charge is 0.478 e. The van der Waals surface area contributed by atoms with E-state index in [1.54, 1.807) is 25.1 Å². The van der Waals surface area contributed by atoms with Crippen LogP contribution in [0.4, 0.5) is 0 Å². The van der Waals surface area contributed by atoms with Gasteiger partial charge in [-0.2, -0.15) is 0 Å². The molecular formula is C25H30O13. The van der Waals surface area contributed by atoms with Crippen LogP contribution in [0, 0.1) is 17.8 Å². The first kappa shape index (κ1) is 28.0. The predicted octanol–water partition coefficient (Wildman–Crippen LogP) is -0.833. The Morgan fingerprint density at radius 1 is 0.947 bits per heavy atom. The second kappa shape index (κ2) is 11.4. The minimum Gasteiger partial charge on any atom is -0.478 e. The van der Waals surface area contributed by atoms with Crippen LogP contribution in [-0.4, -0.2) is 99.3 Å². The number of fused-ring (bicyclic) bond motifs is 1. The number of aliphatic hydroxyl groups is 4. The van der Waals surface area contributed by atoms with Crippen LogP contribution < -0.4 is 0 Å². The van der Waals surface area contributed by atoms with Crippen molar-refractivity contribution in [2.75, 3.05) is 6.61 Å². The van der Waals surface area contributed by atoms with Crippen LogP contribution in [-0.2, 0) is 33.3 Å². The Kier molecular flexibility index (Phi) is 8.35. The standard InChI is InChI=1S/C25H30O13/c1-10-15-16(21(20(10)35-11(2)27)37-23(33)12-6-4-3-5-7-12)13(22(31)32)9-34-24(15)38-25-19(30)18(29)17(28)14(8-26)36-25/h3-7,9-10,14-21,24-26,28-30H,8H2,1-2H3,(H,31,32)/t10-,14+,15+,16+,17-,18-,19-,20-,21+,24-,25-/m1/s1. The molecule has 11 atom stereocenters. The van der Waals surface area contributed by atoms with Crippen LogP contribution in [0.5, 0.6) is 0 Å².